The van der Waals surface area contributed by atoms with Crippen molar-refractivity contribution in [3.63, 3.8) is 0 Å². The molecular formula is C5H10O2. The number of ether oxygens (including phenoxy) is 2. The van der Waals surface area contributed by atoms with Gasteiger partial charge in [0.05, 0.1) is 12.7 Å². The van der Waals surface area contributed by atoms with Gasteiger partial charge in [0.15, 0.2) is 6.29 Å². The van der Waals surface area contributed by atoms with Crippen LogP contribution in [0, 0.1) is 0 Å². The van der Waals surface area contributed by atoms with E-state index in [1.54, 1.807) is 0 Å². The third-order valence-electron chi connectivity index (χ3n) is 0.990. The average Bonchev–Trinajstić information content (AvgIpc) is 1.87. The van der Waals surface area contributed by atoms with Crippen LogP contribution in [0.15, 0.2) is 0 Å². The standard InChI is InChI=1S/C5H10O2/c1-4-3-6-5(2)7-4/h4-5H,3H2,1-2H3/t4-,5?/m1/s1. The zero-order valence-corrected chi connectivity index (χ0v) is 4.68. The van der Waals surface area contributed by atoms with Crippen LogP contribution in [0.4, 0.5) is 0 Å². The molecule has 1 fully saturated rings. The Kier molecular flexibility index (Phi) is 1.30. The van der Waals surface area contributed by atoms with Crippen molar-refractivity contribution < 1.29 is 9.47 Å². The molecule has 2 heteroatoms. The van der Waals surface area contributed by atoms with Crippen molar-refractivity contribution >= 4 is 0 Å². The minimum Gasteiger partial charge on any atom is -0.350 e. The van der Waals surface area contributed by atoms with E-state index >= 15 is 0 Å². The molecule has 0 N–H and O–H groups in total. The molecular weight excluding hydrogens is 92.1 g/mol. The highest BCUT2D eigenvalue weighted by Crippen LogP contribution is 2.08. The summed E-state index contributed by atoms with van der Waals surface area (Å²) < 4.78 is 10.2. The number of hydrogen-bond acceptors (Lipinski definition) is 2. The maximum Gasteiger partial charge on any atom is 0.155 e. The lowest BCUT2D eigenvalue weighted by atomic mass is 10.5. The van der Waals surface area contributed by atoms with E-state index in [9.17, 15) is 0 Å². The summed E-state index contributed by atoms with van der Waals surface area (Å²) in [6.45, 7) is 4.66. The van der Waals surface area contributed by atoms with Crippen LogP contribution in [0.5, 0.6) is 0 Å². The molecule has 0 saturated carbocycles. The van der Waals surface area contributed by atoms with E-state index in [1.165, 1.54) is 0 Å². The van der Waals surface area contributed by atoms with Crippen molar-refractivity contribution in [3.05, 3.63) is 0 Å². The van der Waals surface area contributed by atoms with Crippen molar-refractivity contribution in [2.45, 2.75) is 26.2 Å². The number of rotatable bonds is 0. The maximum absolute atomic E-state index is 5.14. The second-order valence-electron chi connectivity index (χ2n) is 1.85. The molecule has 0 spiro atoms. The molecule has 1 rings (SSSR count). The monoisotopic (exact) mass is 102 g/mol. The summed E-state index contributed by atoms with van der Waals surface area (Å²) in [5.74, 6) is 0. The van der Waals surface area contributed by atoms with Crippen molar-refractivity contribution in [1.82, 2.24) is 0 Å². The molecule has 0 aromatic carbocycles. The minimum absolute atomic E-state index is 0.0231. The third kappa shape index (κ3) is 1.14. The van der Waals surface area contributed by atoms with Crippen LogP contribution in [0.1, 0.15) is 13.8 Å². The van der Waals surface area contributed by atoms with Gasteiger partial charge in [-0.05, 0) is 13.8 Å². The van der Waals surface area contributed by atoms with Gasteiger partial charge in [0.2, 0.25) is 0 Å². The smallest absolute Gasteiger partial charge is 0.155 e. The normalized spacial score (nSPS) is 42.0. The van der Waals surface area contributed by atoms with Crippen LogP contribution in [0.3, 0.4) is 0 Å². The Morgan fingerprint density at radius 3 is 2.29 bits per heavy atom. The molecule has 1 aliphatic rings. The molecule has 2 nitrogen and oxygen atoms in total. The molecule has 1 aliphatic heterocycles. The van der Waals surface area contributed by atoms with Crippen LogP contribution in [0.2, 0.25) is 0 Å². The Hall–Kier alpha value is -0.0800. The predicted octanol–water partition coefficient (Wildman–Crippen LogP) is 0.768. The lowest BCUT2D eigenvalue weighted by Gasteiger charge is -1.98. The fraction of sp³-hybridized carbons (Fsp3) is 1.00. The highest BCUT2D eigenvalue weighted by molar-refractivity contribution is 4.54. The van der Waals surface area contributed by atoms with E-state index < -0.39 is 0 Å². The van der Waals surface area contributed by atoms with Crippen molar-refractivity contribution in [1.29, 1.82) is 0 Å². The summed E-state index contributed by atoms with van der Waals surface area (Å²) in [5.41, 5.74) is 0. The summed E-state index contributed by atoms with van der Waals surface area (Å²) in [4.78, 5) is 0. The van der Waals surface area contributed by atoms with Gasteiger partial charge in [-0.15, -0.1) is 0 Å². The summed E-state index contributed by atoms with van der Waals surface area (Å²) in [5, 5.41) is 0. The van der Waals surface area contributed by atoms with Crippen molar-refractivity contribution in [3.8, 4) is 0 Å². The molecule has 1 heterocycles. The molecule has 0 bridgehead atoms. The summed E-state index contributed by atoms with van der Waals surface area (Å²) >= 11 is 0. The van der Waals surface area contributed by atoms with Gasteiger partial charge in [0.25, 0.3) is 0 Å². The quantitative estimate of drug-likeness (QED) is 0.449. The molecule has 7 heavy (non-hydrogen) atoms. The fourth-order valence-corrected chi connectivity index (χ4v) is 0.677. The Bertz CT molecular complexity index is 55.1. The van der Waals surface area contributed by atoms with Crippen molar-refractivity contribution in [2.24, 2.45) is 0 Å². The predicted molar refractivity (Wildman–Crippen MR) is 26.0 cm³/mol. The largest absolute Gasteiger partial charge is 0.350 e. The second-order valence-corrected chi connectivity index (χ2v) is 1.85. The van der Waals surface area contributed by atoms with Gasteiger partial charge in [0, 0.05) is 0 Å². The van der Waals surface area contributed by atoms with E-state index in [1.807, 2.05) is 13.8 Å². The minimum atomic E-state index is 0.0231. The lowest BCUT2D eigenvalue weighted by molar-refractivity contribution is -0.0389. The van der Waals surface area contributed by atoms with Gasteiger partial charge in [0.1, 0.15) is 0 Å². The van der Waals surface area contributed by atoms with Gasteiger partial charge >= 0.3 is 0 Å². The molecule has 0 radical (unpaired) electrons. The Morgan fingerprint density at radius 1 is 1.43 bits per heavy atom. The molecule has 42 valence electrons. The van der Waals surface area contributed by atoms with Gasteiger partial charge in [-0.3, -0.25) is 0 Å². The summed E-state index contributed by atoms with van der Waals surface area (Å²) in [6.07, 6.45) is 0.324. The van der Waals surface area contributed by atoms with E-state index in [0.29, 0.717) is 6.10 Å². The number of hydrogen-bond donors (Lipinski definition) is 0. The average molecular weight is 102 g/mol. The summed E-state index contributed by atoms with van der Waals surface area (Å²) in [6, 6.07) is 0. The lowest BCUT2D eigenvalue weighted by Crippen LogP contribution is -2.03. The van der Waals surface area contributed by atoms with E-state index in [0.717, 1.165) is 6.61 Å². The van der Waals surface area contributed by atoms with Gasteiger partial charge in [-0.2, -0.15) is 0 Å². The zero-order valence-electron chi connectivity index (χ0n) is 4.68. The fourth-order valence-electron chi connectivity index (χ4n) is 0.677. The first-order valence-electron chi connectivity index (χ1n) is 2.56. The maximum atomic E-state index is 5.14. The van der Waals surface area contributed by atoms with Crippen LogP contribution in [-0.4, -0.2) is 19.0 Å². The topological polar surface area (TPSA) is 18.5 Å². The van der Waals surface area contributed by atoms with Crippen LogP contribution < -0.4 is 0 Å². The Labute approximate surface area is 43.4 Å². The zero-order chi connectivity index (χ0) is 5.28. The van der Waals surface area contributed by atoms with Crippen LogP contribution in [-0.2, 0) is 9.47 Å². The Balaban J connectivity index is 2.26. The first-order chi connectivity index (χ1) is 3.29. The van der Waals surface area contributed by atoms with E-state index in [2.05, 4.69) is 0 Å². The highest BCUT2D eigenvalue weighted by atomic mass is 16.7. The SMILES string of the molecule is CC1OC[C@@H](C)O1. The van der Waals surface area contributed by atoms with E-state index in [-0.39, 0.29) is 6.29 Å². The highest BCUT2D eigenvalue weighted by Gasteiger charge is 2.16. The molecule has 1 unspecified atom stereocenters. The van der Waals surface area contributed by atoms with Gasteiger partial charge in [-0.1, -0.05) is 0 Å². The summed E-state index contributed by atoms with van der Waals surface area (Å²) in [7, 11) is 0. The first-order valence-corrected chi connectivity index (χ1v) is 2.56. The van der Waals surface area contributed by atoms with Gasteiger partial charge < -0.3 is 9.47 Å². The van der Waals surface area contributed by atoms with Crippen molar-refractivity contribution in [2.75, 3.05) is 6.61 Å². The third-order valence-corrected chi connectivity index (χ3v) is 0.990. The molecule has 0 aromatic heterocycles. The molecule has 0 aliphatic carbocycles. The molecule has 1 saturated heterocycles. The van der Waals surface area contributed by atoms with Gasteiger partial charge in [-0.25, -0.2) is 0 Å². The van der Waals surface area contributed by atoms with Crippen LogP contribution >= 0.6 is 0 Å². The second kappa shape index (κ2) is 1.80. The van der Waals surface area contributed by atoms with Crippen LogP contribution in [0.25, 0.3) is 0 Å². The molecule has 2 atom stereocenters. The Morgan fingerprint density at radius 2 is 2.14 bits per heavy atom. The van der Waals surface area contributed by atoms with E-state index in [4.69, 9.17) is 9.47 Å². The molecule has 0 amide bonds. The molecule has 0 aromatic rings. The first kappa shape index (κ1) is 5.06.